The lowest BCUT2D eigenvalue weighted by Gasteiger charge is -2.47. The Bertz CT molecular complexity index is 599. The van der Waals surface area contributed by atoms with Crippen molar-refractivity contribution in [1.82, 2.24) is 0 Å². The second-order valence-electron chi connectivity index (χ2n) is 8.67. The van der Waals surface area contributed by atoms with Crippen LogP contribution in [0.5, 0.6) is 0 Å². The van der Waals surface area contributed by atoms with Gasteiger partial charge in [-0.2, -0.15) is 0 Å². The zero-order valence-electron chi connectivity index (χ0n) is 14.8. The first kappa shape index (κ1) is 15.6. The third kappa shape index (κ3) is 2.06. The van der Waals surface area contributed by atoms with E-state index in [1.165, 1.54) is 29.6 Å². The first-order valence-corrected chi connectivity index (χ1v) is 9.59. The number of hydrogen-bond acceptors (Lipinski definition) is 2. The van der Waals surface area contributed by atoms with Crippen LogP contribution >= 0.6 is 0 Å². The number of rotatable bonds is 1. The van der Waals surface area contributed by atoms with Crippen molar-refractivity contribution in [3.63, 3.8) is 0 Å². The Kier molecular flexibility index (Phi) is 3.61. The van der Waals surface area contributed by atoms with E-state index in [1.807, 2.05) is 0 Å². The maximum absolute atomic E-state index is 13.4. The van der Waals surface area contributed by atoms with Gasteiger partial charge in [0.25, 0.3) is 0 Å². The van der Waals surface area contributed by atoms with E-state index in [1.54, 1.807) is 0 Å². The third-order valence-electron chi connectivity index (χ3n) is 7.73. The van der Waals surface area contributed by atoms with Crippen LogP contribution < -0.4 is 0 Å². The van der Waals surface area contributed by atoms with Gasteiger partial charge >= 0.3 is 0 Å². The molecule has 0 aromatic carbocycles. The minimum absolute atomic E-state index is 0.00552. The summed E-state index contributed by atoms with van der Waals surface area (Å²) < 4.78 is 0. The fourth-order valence-electron chi connectivity index (χ4n) is 6.39. The average molecular weight is 314 g/mol. The van der Waals surface area contributed by atoms with Gasteiger partial charge in [0.1, 0.15) is 0 Å². The number of allylic oxidation sites excluding steroid dienone is 3. The summed E-state index contributed by atoms with van der Waals surface area (Å²) in [5, 5.41) is 10.0. The van der Waals surface area contributed by atoms with Crippen molar-refractivity contribution >= 4 is 5.78 Å². The summed E-state index contributed by atoms with van der Waals surface area (Å²) in [5.74, 6) is 2.31. The second kappa shape index (κ2) is 5.31. The summed E-state index contributed by atoms with van der Waals surface area (Å²) in [4.78, 5) is 13.4. The topological polar surface area (TPSA) is 37.3 Å². The van der Waals surface area contributed by atoms with Crippen LogP contribution in [0.1, 0.15) is 65.7 Å². The standard InChI is InChI=1S/C21H30O2/c1-4-13-5-7-16-17-8-6-14-11-15(22)9-10-21(14,3)19(17)20(23)18(16)12(13)2/h6,13,15-17,19,22H,4-5,7-11H2,1-3H3. The van der Waals surface area contributed by atoms with E-state index in [0.717, 1.165) is 32.1 Å². The number of aliphatic hydroxyl groups excluding tert-OH is 1. The minimum atomic E-state index is -0.199. The lowest BCUT2D eigenvalue weighted by atomic mass is 9.56. The summed E-state index contributed by atoms with van der Waals surface area (Å²) in [6.07, 6.45) is 9.49. The molecule has 0 aromatic rings. The van der Waals surface area contributed by atoms with Crippen molar-refractivity contribution in [3.8, 4) is 0 Å². The first-order chi connectivity index (χ1) is 11.0. The molecule has 0 bridgehead atoms. The van der Waals surface area contributed by atoms with Crippen LogP contribution in [-0.4, -0.2) is 17.0 Å². The Morgan fingerprint density at radius 2 is 2.09 bits per heavy atom. The first-order valence-electron chi connectivity index (χ1n) is 9.59. The number of fused-ring (bicyclic) bond motifs is 5. The molecule has 4 aliphatic carbocycles. The van der Waals surface area contributed by atoms with E-state index in [-0.39, 0.29) is 17.4 Å². The SMILES string of the molecule is CCC1CCC2C(=C1C)C(=O)C1C2CC=C2CC(O)CCC21C. The number of carbonyl (C=O) groups is 1. The van der Waals surface area contributed by atoms with Crippen molar-refractivity contribution in [3.05, 3.63) is 22.8 Å². The molecule has 0 aliphatic heterocycles. The van der Waals surface area contributed by atoms with Gasteiger partial charge in [-0.25, -0.2) is 0 Å². The molecule has 4 aliphatic rings. The number of carbonyl (C=O) groups excluding carboxylic acids is 1. The molecule has 0 spiro atoms. The summed E-state index contributed by atoms with van der Waals surface area (Å²) in [7, 11) is 0. The third-order valence-corrected chi connectivity index (χ3v) is 7.73. The maximum Gasteiger partial charge on any atom is 0.163 e. The van der Waals surface area contributed by atoms with Crippen molar-refractivity contribution in [2.24, 2.45) is 29.1 Å². The quantitative estimate of drug-likeness (QED) is 0.727. The van der Waals surface area contributed by atoms with Gasteiger partial charge in [-0.05, 0) is 80.6 Å². The molecule has 2 nitrogen and oxygen atoms in total. The monoisotopic (exact) mass is 314 g/mol. The van der Waals surface area contributed by atoms with Gasteiger partial charge in [0, 0.05) is 5.92 Å². The number of ketones is 1. The Hall–Kier alpha value is -0.890. The lowest BCUT2D eigenvalue weighted by Crippen LogP contribution is -2.43. The summed E-state index contributed by atoms with van der Waals surface area (Å²) in [5.41, 5.74) is 4.00. The highest BCUT2D eigenvalue weighted by atomic mass is 16.3. The molecule has 2 saturated carbocycles. The van der Waals surface area contributed by atoms with Crippen LogP contribution in [0.15, 0.2) is 22.8 Å². The van der Waals surface area contributed by atoms with Gasteiger partial charge < -0.3 is 5.11 Å². The van der Waals surface area contributed by atoms with Gasteiger partial charge in [0.05, 0.1) is 6.10 Å². The smallest absolute Gasteiger partial charge is 0.163 e. The molecule has 2 fully saturated rings. The van der Waals surface area contributed by atoms with E-state index in [0.29, 0.717) is 23.5 Å². The van der Waals surface area contributed by atoms with E-state index < -0.39 is 0 Å². The normalized spacial score (nSPS) is 46.2. The Morgan fingerprint density at radius 1 is 1.30 bits per heavy atom. The predicted octanol–water partition coefficient (Wildman–Crippen LogP) is 4.44. The Labute approximate surface area is 140 Å². The summed E-state index contributed by atoms with van der Waals surface area (Å²) in [6.45, 7) is 6.79. The lowest BCUT2D eigenvalue weighted by molar-refractivity contribution is -0.123. The van der Waals surface area contributed by atoms with Crippen molar-refractivity contribution in [2.45, 2.75) is 71.8 Å². The van der Waals surface area contributed by atoms with Gasteiger partial charge in [-0.3, -0.25) is 4.79 Å². The Balaban J connectivity index is 1.76. The molecule has 4 rings (SSSR count). The molecule has 6 atom stereocenters. The van der Waals surface area contributed by atoms with Gasteiger partial charge in [-0.1, -0.05) is 31.1 Å². The highest BCUT2D eigenvalue weighted by molar-refractivity contribution is 6.02. The largest absolute Gasteiger partial charge is 0.393 e. The minimum Gasteiger partial charge on any atom is -0.393 e. The van der Waals surface area contributed by atoms with Crippen molar-refractivity contribution < 1.29 is 9.90 Å². The van der Waals surface area contributed by atoms with Crippen LogP contribution in [0, 0.1) is 29.1 Å². The molecule has 0 radical (unpaired) electrons. The molecular formula is C21H30O2. The fraction of sp³-hybridized carbons (Fsp3) is 0.762. The van der Waals surface area contributed by atoms with Crippen LogP contribution in [0.25, 0.3) is 0 Å². The highest BCUT2D eigenvalue weighted by Crippen LogP contribution is 2.61. The Morgan fingerprint density at radius 3 is 2.83 bits per heavy atom. The van der Waals surface area contributed by atoms with Crippen LogP contribution in [-0.2, 0) is 4.79 Å². The number of aliphatic hydroxyl groups is 1. The molecule has 2 heteroatoms. The van der Waals surface area contributed by atoms with Crippen molar-refractivity contribution in [1.29, 1.82) is 0 Å². The highest BCUT2D eigenvalue weighted by Gasteiger charge is 2.58. The molecule has 126 valence electrons. The van der Waals surface area contributed by atoms with E-state index >= 15 is 0 Å². The van der Waals surface area contributed by atoms with Crippen LogP contribution in [0.2, 0.25) is 0 Å². The van der Waals surface area contributed by atoms with E-state index in [2.05, 4.69) is 26.8 Å². The molecule has 0 heterocycles. The van der Waals surface area contributed by atoms with E-state index in [4.69, 9.17) is 0 Å². The summed E-state index contributed by atoms with van der Waals surface area (Å²) >= 11 is 0. The molecule has 0 amide bonds. The van der Waals surface area contributed by atoms with E-state index in [9.17, 15) is 9.90 Å². The number of hydrogen-bond donors (Lipinski definition) is 1. The van der Waals surface area contributed by atoms with Crippen LogP contribution in [0.3, 0.4) is 0 Å². The van der Waals surface area contributed by atoms with Crippen LogP contribution in [0.4, 0.5) is 0 Å². The molecule has 1 N–H and O–H groups in total. The molecule has 23 heavy (non-hydrogen) atoms. The number of Topliss-reactive ketones (excluding diaryl/α,β-unsaturated/α-hetero) is 1. The summed E-state index contributed by atoms with van der Waals surface area (Å²) in [6, 6.07) is 0. The van der Waals surface area contributed by atoms with Gasteiger partial charge in [0.15, 0.2) is 5.78 Å². The molecular weight excluding hydrogens is 284 g/mol. The second-order valence-corrected chi connectivity index (χ2v) is 8.67. The zero-order chi connectivity index (χ0) is 16.4. The zero-order valence-corrected chi connectivity index (χ0v) is 14.8. The van der Waals surface area contributed by atoms with Crippen molar-refractivity contribution in [2.75, 3.05) is 0 Å². The molecule has 0 saturated heterocycles. The van der Waals surface area contributed by atoms with Gasteiger partial charge in [-0.15, -0.1) is 0 Å². The average Bonchev–Trinajstić information content (AvgIpc) is 2.83. The fourth-order valence-corrected chi connectivity index (χ4v) is 6.39. The van der Waals surface area contributed by atoms with Gasteiger partial charge in [0.2, 0.25) is 0 Å². The maximum atomic E-state index is 13.4. The molecule has 0 aromatic heterocycles. The predicted molar refractivity (Wildman–Crippen MR) is 91.9 cm³/mol. The molecule has 6 unspecified atom stereocenters.